The van der Waals surface area contributed by atoms with Crippen LogP contribution in [0.25, 0.3) is 11.1 Å². The minimum Gasteiger partial charge on any atom is -0.261 e. The van der Waals surface area contributed by atoms with Gasteiger partial charge in [-0.3, -0.25) is 4.98 Å². The Hall–Kier alpha value is -2.56. The zero-order chi connectivity index (χ0) is 19.6. The zero-order valence-corrected chi connectivity index (χ0v) is 17.1. The average molecular weight is 374 g/mol. The van der Waals surface area contributed by atoms with Gasteiger partial charge >= 0.3 is 0 Å². The van der Waals surface area contributed by atoms with E-state index < -0.39 is 0 Å². The van der Waals surface area contributed by atoms with Crippen LogP contribution in [0.15, 0.2) is 54.7 Å². The third-order valence-electron chi connectivity index (χ3n) is 5.28. The van der Waals surface area contributed by atoms with Crippen molar-refractivity contribution >= 4 is 11.6 Å². The summed E-state index contributed by atoms with van der Waals surface area (Å²) in [4.78, 5) is 4.39. The maximum atomic E-state index is 6.52. The van der Waals surface area contributed by atoms with Gasteiger partial charge in [-0.2, -0.15) is 0 Å². The first kappa shape index (κ1) is 19.2. The molecule has 0 aliphatic carbocycles. The molecule has 27 heavy (non-hydrogen) atoms. The SMILES string of the molecule is C#Cc1cc(C(C)(C)c2ccc(-c3ccc(C)nc3)cc2)cc(Cl)c1CC. The van der Waals surface area contributed by atoms with E-state index >= 15 is 0 Å². The summed E-state index contributed by atoms with van der Waals surface area (Å²) in [6.45, 7) is 8.47. The molecule has 2 heteroatoms. The zero-order valence-electron chi connectivity index (χ0n) is 16.3. The third kappa shape index (κ3) is 3.77. The van der Waals surface area contributed by atoms with Crippen molar-refractivity contribution in [1.29, 1.82) is 0 Å². The van der Waals surface area contributed by atoms with Crippen LogP contribution in [0.3, 0.4) is 0 Å². The molecule has 0 saturated carbocycles. The number of pyridine rings is 1. The summed E-state index contributed by atoms with van der Waals surface area (Å²) >= 11 is 6.52. The van der Waals surface area contributed by atoms with Crippen LogP contribution in [0.1, 0.15) is 48.7 Å². The molecule has 3 aromatic rings. The number of nitrogens with zero attached hydrogens (tertiary/aromatic N) is 1. The summed E-state index contributed by atoms with van der Waals surface area (Å²) in [5.41, 5.74) is 7.37. The Kier molecular flexibility index (Phi) is 5.40. The molecule has 1 heterocycles. The van der Waals surface area contributed by atoms with Crippen molar-refractivity contribution < 1.29 is 0 Å². The van der Waals surface area contributed by atoms with Gasteiger partial charge in [0, 0.05) is 33.5 Å². The van der Waals surface area contributed by atoms with Gasteiger partial charge in [0.25, 0.3) is 0 Å². The molecule has 3 rings (SSSR count). The largest absolute Gasteiger partial charge is 0.261 e. The van der Waals surface area contributed by atoms with Crippen molar-refractivity contribution in [2.24, 2.45) is 0 Å². The van der Waals surface area contributed by atoms with Crippen molar-refractivity contribution in [3.8, 4) is 23.5 Å². The van der Waals surface area contributed by atoms with Crippen molar-refractivity contribution in [2.75, 3.05) is 0 Å². The summed E-state index contributed by atoms with van der Waals surface area (Å²) < 4.78 is 0. The van der Waals surface area contributed by atoms with Crippen molar-refractivity contribution in [3.63, 3.8) is 0 Å². The summed E-state index contributed by atoms with van der Waals surface area (Å²) in [5.74, 6) is 2.80. The van der Waals surface area contributed by atoms with Crippen LogP contribution in [-0.4, -0.2) is 4.98 Å². The Morgan fingerprint density at radius 3 is 2.22 bits per heavy atom. The first-order valence-corrected chi connectivity index (χ1v) is 9.57. The van der Waals surface area contributed by atoms with E-state index in [2.05, 4.69) is 74.1 Å². The summed E-state index contributed by atoms with van der Waals surface area (Å²) in [5, 5.41) is 0.748. The van der Waals surface area contributed by atoms with Gasteiger partial charge in [-0.25, -0.2) is 0 Å². The molecule has 0 fully saturated rings. The van der Waals surface area contributed by atoms with E-state index in [1.165, 1.54) is 5.56 Å². The lowest BCUT2D eigenvalue weighted by atomic mass is 9.77. The molecule has 0 spiro atoms. The number of hydrogen-bond acceptors (Lipinski definition) is 1. The van der Waals surface area contributed by atoms with Gasteiger partial charge in [0.2, 0.25) is 0 Å². The molecule has 0 saturated heterocycles. The van der Waals surface area contributed by atoms with Gasteiger partial charge in [-0.1, -0.05) is 68.6 Å². The van der Waals surface area contributed by atoms with Gasteiger partial charge in [0.15, 0.2) is 0 Å². The van der Waals surface area contributed by atoms with Crippen LogP contribution < -0.4 is 0 Å². The van der Waals surface area contributed by atoms with E-state index in [0.29, 0.717) is 0 Å². The lowest BCUT2D eigenvalue weighted by molar-refractivity contribution is 0.640. The van der Waals surface area contributed by atoms with Crippen LogP contribution in [0, 0.1) is 19.3 Å². The molecule has 0 unspecified atom stereocenters. The van der Waals surface area contributed by atoms with E-state index in [1.54, 1.807) is 0 Å². The van der Waals surface area contributed by atoms with Gasteiger partial charge in [0.05, 0.1) is 0 Å². The van der Waals surface area contributed by atoms with E-state index in [-0.39, 0.29) is 5.41 Å². The fourth-order valence-electron chi connectivity index (χ4n) is 3.37. The number of terminal acetylenes is 1. The third-order valence-corrected chi connectivity index (χ3v) is 5.61. The van der Waals surface area contributed by atoms with E-state index in [4.69, 9.17) is 18.0 Å². The Bertz CT molecular complexity index is 990. The highest BCUT2D eigenvalue weighted by molar-refractivity contribution is 6.31. The standard InChI is InChI=1S/C25H24ClN/c1-6-18-14-22(15-24(26)23(18)7-2)25(4,5)21-12-10-19(11-13-21)20-9-8-17(3)27-16-20/h1,8-16H,7H2,2-5H3. The molecular formula is C25H24ClN. The molecule has 0 amide bonds. The molecule has 0 aliphatic heterocycles. The van der Waals surface area contributed by atoms with Crippen molar-refractivity contribution in [1.82, 2.24) is 4.98 Å². The van der Waals surface area contributed by atoms with Gasteiger partial charge < -0.3 is 0 Å². The molecule has 2 aromatic carbocycles. The second-order valence-electron chi connectivity index (χ2n) is 7.37. The number of hydrogen-bond donors (Lipinski definition) is 0. The van der Waals surface area contributed by atoms with Gasteiger partial charge in [0.1, 0.15) is 0 Å². The summed E-state index contributed by atoms with van der Waals surface area (Å²) in [6.07, 6.45) is 8.47. The highest BCUT2D eigenvalue weighted by Crippen LogP contribution is 2.36. The molecule has 0 atom stereocenters. The second-order valence-corrected chi connectivity index (χ2v) is 7.78. The maximum absolute atomic E-state index is 6.52. The predicted molar refractivity (Wildman–Crippen MR) is 115 cm³/mol. The lowest BCUT2D eigenvalue weighted by Gasteiger charge is -2.27. The molecule has 0 aliphatic rings. The Morgan fingerprint density at radius 1 is 1.00 bits per heavy atom. The maximum Gasteiger partial charge on any atom is 0.0453 e. The number of aryl methyl sites for hydroxylation is 1. The number of benzene rings is 2. The molecule has 0 radical (unpaired) electrons. The summed E-state index contributed by atoms with van der Waals surface area (Å²) in [6, 6.07) is 16.9. The normalized spacial score (nSPS) is 11.3. The molecule has 1 nitrogen and oxygen atoms in total. The quantitative estimate of drug-likeness (QED) is 0.470. The molecule has 0 N–H and O–H groups in total. The number of rotatable bonds is 4. The summed E-state index contributed by atoms with van der Waals surface area (Å²) in [7, 11) is 0. The van der Waals surface area contributed by atoms with E-state index in [0.717, 1.165) is 45.0 Å². The monoisotopic (exact) mass is 373 g/mol. The number of aromatic nitrogens is 1. The predicted octanol–water partition coefficient (Wildman–Crippen LogP) is 6.58. The highest BCUT2D eigenvalue weighted by Gasteiger charge is 2.25. The smallest absolute Gasteiger partial charge is 0.0453 e. The minimum absolute atomic E-state index is 0.203. The fraction of sp³-hybridized carbons (Fsp3) is 0.240. The van der Waals surface area contributed by atoms with Crippen LogP contribution in [0.5, 0.6) is 0 Å². The second kappa shape index (κ2) is 7.59. The van der Waals surface area contributed by atoms with Crippen molar-refractivity contribution in [2.45, 2.75) is 39.5 Å². The Labute approximate surface area is 167 Å². The van der Waals surface area contributed by atoms with Crippen LogP contribution in [0.4, 0.5) is 0 Å². The van der Waals surface area contributed by atoms with E-state index in [1.807, 2.05) is 19.2 Å². The van der Waals surface area contributed by atoms with Crippen LogP contribution >= 0.6 is 11.6 Å². The molecule has 0 bridgehead atoms. The van der Waals surface area contributed by atoms with Crippen LogP contribution in [-0.2, 0) is 11.8 Å². The first-order valence-electron chi connectivity index (χ1n) is 9.20. The minimum atomic E-state index is -0.203. The fourth-order valence-corrected chi connectivity index (χ4v) is 3.72. The molecular weight excluding hydrogens is 350 g/mol. The van der Waals surface area contributed by atoms with Crippen molar-refractivity contribution in [3.05, 3.63) is 87.7 Å². The highest BCUT2D eigenvalue weighted by atomic mass is 35.5. The van der Waals surface area contributed by atoms with Gasteiger partial charge in [-0.05, 0) is 53.8 Å². The Balaban J connectivity index is 1.99. The Morgan fingerprint density at radius 2 is 1.67 bits per heavy atom. The van der Waals surface area contributed by atoms with Gasteiger partial charge in [-0.15, -0.1) is 6.42 Å². The van der Waals surface area contributed by atoms with Crippen LogP contribution in [0.2, 0.25) is 5.02 Å². The number of halogens is 1. The average Bonchev–Trinajstić information content (AvgIpc) is 2.68. The first-order chi connectivity index (χ1) is 12.9. The molecule has 136 valence electrons. The lowest BCUT2D eigenvalue weighted by Crippen LogP contribution is -2.19. The topological polar surface area (TPSA) is 12.9 Å². The van der Waals surface area contributed by atoms with E-state index in [9.17, 15) is 0 Å². The molecule has 1 aromatic heterocycles.